The Labute approximate surface area is 220 Å². The van der Waals surface area contributed by atoms with E-state index in [-0.39, 0.29) is 11.8 Å². The number of ether oxygens (including phenoxy) is 2. The monoisotopic (exact) mass is 511 g/mol. The number of nitrogens with zero attached hydrogens (tertiary/aromatic N) is 3. The minimum atomic E-state index is 0.0269. The van der Waals surface area contributed by atoms with Gasteiger partial charge in [0, 0.05) is 51.9 Å². The molecule has 0 saturated carbocycles. The Bertz CT molecular complexity index is 1110. The Morgan fingerprint density at radius 1 is 1.19 bits per heavy atom. The van der Waals surface area contributed by atoms with E-state index in [4.69, 9.17) is 21.1 Å². The number of rotatable bonds is 7. The van der Waals surface area contributed by atoms with Crippen LogP contribution in [0, 0.1) is 11.8 Å². The van der Waals surface area contributed by atoms with Crippen molar-refractivity contribution in [3.63, 3.8) is 0 Å². The van der Waals surface area contributed by atoms with Gasteiger partial charge >= 0.3 is 0 Å². The van der Waals surface area contributed by atoms with E-state index in [1.54, 1.807) is 0 Å². The van der Waals surface area contributed by atoms with E-state index in [2.05, 4.69) is 48.9 Å². The standard InChI is InChI=1S/C29H38ClN3O3/c1-20(2)16-33(17-21-14-25(30)28-27(15-21)35-12-5-13-36-28)29(34)23-8-11-32(19-23)18-22-6-4-7-26-24(22)9-10-31(26)3/h4,6-7,14-15,20,23H,5,8-13,16-19H2,1-3H3. The number of likely N-dealkylation sites (N-methyl/N-ethyl adjacent to an activating group) is 1. The zero-order valence-corrected chi connectivity index (χ0v) is 22.5. The Morgan fingerprint density at radius 2 is 2.03 bits per heavy atom. The van der Waals surface area contributed by atoms with E-state index in [1.165, 1.54) is 16.8 Å². The molecule has 1 amide bonds. The Hall–Kier alpha value is -2.44. The van der Waals surface area contributed by atoms with Crippen LogP contribution in [0.4, 0.5) is 5.69 Å². The number of hydrogen-bond acceptors (Lipinski definition) is 5. The summed E-state index contributed by atoms with van der Waals surface area (Å²) in [6, 6.07) is 10.5. The van der Waals surface area contributed by atoms with Crippen molar-refractivity contribution in [1.29, 1.82) is 0 Å². The molecule has 0 aromatic heterocycles. The lowest BCUT2D eigenvalue weighted by atomic mass is 10.0. The molecule has 3 heterocycles. The molecule has 1 fully saturated rings. The lowest BCUT2D eigenvalue weighted by molar-refractivity contribution is -0.136. The highest BCUT2D eigenvalue weighted by atomic mass is 35.5. The van der Waals surface area contributed by atoms with Crippen LogP contribution < -0.4 is 14.4 Å². The molecule has 0 radical (unpaired) electrons. The molecule has 7 heteroatoms. The summed E-state index contributed by atoms with van der Waals surface area (Å²) in [6.07, 6.45) is 2.85. The Balaban J connectivity index is 1.27. The van der Waals surface area contributed by atoms with Gasteiger partial charge in [0.1, 0.15) is 0 Å². The minimum Gasteiger partial charge on any atom is -0.489 e. The molecule has 3 aliphatic rings. The first-order chi connectivity index (χ1) is 17.4. The van der Waals surface area contributed by atoms with Crippen molar-refractivity contribution in [3.05, 3.63) is 52.0 Å². The van der Waals surface area contributed by atoms with Gasteiger partial charge in [0.2, 0.25) is 5.91 Å². The fraction of sp³-hybridized carbons (Fsp3) is 0.552. The first-order valence-corrected chi connectivity index (χ1v) is 13.7. The summed E-state index contributed by atoms with van der Waals surface area (Å²) in [5.74, 6) is 1.95. The molecule has 0 bridgehead atoms. The van der Waals surface area contributed by atoms with Crippen LogP contribution >= 0.6 is 11.6 Å². The summed E-state index contributed by atoms with van der Waals surface area (Å²) in [6.45, 7) is 10.6. The zero-order valence-electron chi connectivity index (χ0n) is 21.8. The first kappa shape index (κ1) is 25.2. The number of benzene rings is 2. The predicted molar refractivity (Wildman–Crippen MR) is 144 cm³/mol. The second-order valence-electron chi connectivity index (χ2n) is 10.9. The van der Waals surface area contributed by atoms with E-state index in [9.17, 15) is 4.79 Å². The number of amides is 1. The van der Waals surface area contributed by atoms with Crippen molar-refractivity contribution >= 4 is 23.2 Å². The molecule has 36 heavy (non-hydrogen) atoms. The maximum Gasteiger partial charge on any atom is 0.227 e. The summed E-state index contributed by atoms with van der Waals surface area (Å²) in [5.41, 5.74) is 5.22. The molecule has 0 spiro atoms. The van der Waals surface area contributed by atoms with Gasteiger partial charge in [-0.15, -0.1) is 0 Å². The van der Waals surface area contributed by atoms with Gasteiger partial charge in [-0.2, -0.15) is 0 Å². The van der Waals surface area contributed by atoms with Crippen LogP contribution in [-0.2, 0) is 24.3 Å². The average molecular weight is 512 g/mol. The summed E-state index contributed by atoms with van der Waals surface area (Å²) in [4.78, 5) is 20.6. The highest BCUT2D eigenvalue weighted by Crippen LogP contribution is 2.38. The van der Waals surface area contributed by atoms with E-state index in [0.717, 1.165) is 57.5 Å². The number of carbonyl (C=O) groups is 1. The molecule has 5 rings (SSSR count). The van der Waals surface area contributed by atoms with Crippen LogP contribution in [0.3, 0.4) is 0 Å². The van der Waals surface area contributed by atoms with E-state index >= 15 is 0 Å². The van der Waals surface area contributed by atoms with Crippen molar-refractivity contribution in [2.75, 3.05) is 51.3 Å². The third-order valence-electron chi connectivity index (χ3n) is 7.50. The Morgan fingerprint density at radius 3 is 2.86 bits per heavy atom. The normalized spacial score (nSPS) is 19.5. The van der Waals surface area contributed by atoms with Crippen LogP contribution in [0.5, 0.6) is 11.5 Å². The minimum absolute atomic E-state index is 0.0269. The van der Waals surface area contributed by atoms with Crippen LogP contribution in [-0.4, -0.2) is 62.1 Å². The van der Waals surface area contributed by atoms with Crippen LogP contribution in [0.1, 0.15) is 43.4 Å². The van der Waals surface area contributed by atoms with Gasteiger partial charge in [-0.25, -0.2) is 0 Å². The van der Waals surface area contributed by atoms with Crippen molar-refractivity contribution in [1.82, 2.24) is 9.80 Å². The Kier molecular flexibility index (Phi) is 7.63. The highest BCUT2D eigenvalue weighted by molar-refractivity contribution is 6.32. The van der Waals surface area contributed by atoms with Crippen LogP contribution in [0.2, 0.25) is 5.02 Å². The van der Waals surface area contributed by atoms with Gasteiger partial charge < -0.3 is 19.3 Å². The molecule has 1 saturated heterocycles. The molecule has 194 valence electrons. The fourth-order valence-electron chi connectivity index (χ4n) is 5.76. The summed E-state index contributed by atoms with van der Waals surface area (Å²) in [5, 5.41) is 0.550. The van der Waals surface area contributed by atoms with Crippen LogP contribution in [0.15, 0.2) is 30.3 Å². The van der Waals surface area contributed by atoms with Crippen molar-refractivity contribution < 1.29 is 14.3 Å². The van der Waals surface area contributed by atoms with E-state index in [0.29, 0.717) is 42.2 Å². The number of carbonyl (C=O) groups excluding carboxylic acids is 1. The molecular formula is C29H38ClN3O3. The number of hydrogen-bond donors (Lipinski definition) is 0. The SMILES string of the molecule is CC(C)CN(Cc1cc(Cl)c2c(c1)OCCCO2)C(=O)C1CCN(Cc2cccc3c2CCN3C)C1. The molecular weight excluding hydrogens is 474 g/mol. The van der Waals surface area contributed by atoms with E-state index < -0.39 is 0 Å². The van der Waals surface area contributed by atoms with Gasteiger partial charge in [0.05, 0.1) is 24.2 Å². The highest BCUT2D eigenvalue weighted by Gasteiger charge is 2.33. The number of fused-ring (bicyclic) bond motifs is 2. The lowest BCUT2D eigenvalue weighted by Crippen LogP contribution is -2.39. The van der Waals surface area contributed by atoms with Gasteiger partial charge in [-0.1, -0.05) is 37.6 Å². The topological polar surface area (TPSA) is 45.3 Å². The first-order valence-electron chi connectivity index (χ1n) is 13.3. The zero-order chi connectivity index (χ0) is 25.2. The number of likely N-dealkylation sites (tertiary alicyclic amines) is 1. The molecule has 2 aromatic rings. The molecule has 3 aliphatic heterocycles. The summed E-state index contributed by atoms with van der Waals surface area (Å²) < 4.78 is 11.7. The molecule has 6 nitrogen and oxygen atoms in total. The third-order valence-corrected chi connectivity index (χ3v) is 7.79. The molecule has 1 unspecified atom stereocenters. The van der Waals surface area contributed by atoms with E-state index in [1.807, 2.05) is 17.0 Å². The maximum atomic E-state index is 13.7. The van der Waals surface area contributed by atoms with Crippen molar-refractivity contribution in [2.24, 2.45) is 11.8 Å². The number of halogens is 1. The largest absolute Gasteiger partial charge is 0.489 e. The molecule has 0 aliphatic carbocycles. The average Bonchev–Trinajstić information content (AvgIpc) is 3.38. The fourth-order valence-corrected chi connectivity index (χ4v) is 6.05. The quantitative estimate of drug-likeness (QED) is 0.523. The van der Waals surface area contributed by atoms with Gasteiger partial charge in [0.25, 0.3) is 0 Å². The van der Waals surface area contributed by atoms with Crippen molar-refractivity contribution in [2.45, 2.75) is 46.2 Å². The van der Waals surface area contributed by atoms with Crippen molar-refractivity contribution in [3.8, 4) is 11.5 Å². The molecule has 0 N–H and O–H groups in total. The molecule has 2 aromatic carbocycles. The smallest absolute Gasteiger partial charge is 0.227 e. The van der Waals surface area contributed by atoms with Gasteiger partial charge in [-0.3, -0.25) is 9.69 Å². The van der Waals surface area contributed by atoms with Crippen LogP contribution in [0.25, 0.3) is 0 Å². The predicted octanol–water partition coefficient (Wildman–Crippen LogP) is 5.00. The lowest BCUT2D eigenvalue weighted by Gasteiger charge is -2.28. The molecule has 1 atom stereocenters. The summed E-state index contributed by atoms with van der Waals surface area (Å²) >= 11 is 6.54. The van der Waals surface area contributed by atoms with Gasteiger partial charge in [-0.05, 0) is 60.2 Å². The third kappa shape index (κ3) is 5.45. The second-order valence-corrected chi connectivity index (χ2v) is 11.3. The van der Waals surface area contributed by atoms with Gasteiger partial charge in [0.15, 0.2) is 11.5 Å². The summed E-state index contributed by atoms with van der Waals surface area (Å²) in [7, 11) is 2.17. The maximum absolute atomic E-state index is 13.7. The number of anilines is 1. The second kappa shape index (κ2) is 10.9.